The fourth-order valence-electron chi connectivity index (χ4n) is 3.29. The van der Waals surface area contributed by atoms with Crippen LogP contribution in [0, 0.1) is 13.8 Å². The lowest BCUT2D eigenvalue weighted by Gasteiger charge is -2.25. The molecule has 0 saturated heterocycles. The molecule has 0 aliphatic carbocycles. The molecule has 4 nitrogen and oxygen atoms in total. The van der Waals surface area contributed by atoms with E-state index in [9.17, 15) is 0 Å². The average molecular weight is 409 g/mol. The van der Waals surface area contributed by atoms with Crippen LogP contribution >= 0.6 is 22.9 Å². The summed E-state index contributed by atoms with van der Waals surface area (Å²) in [6.45, 7) is 5.80. The highest BCUT2D eigenvalue weighted by Gasteiger charge is 2.19. The molecule has 0 radical (unpaired) electrons. The Kier molecular flexibility index (Phi) is 5.55. The van der Waals surface area contributed by atoms with Crippen LogP contribution in [0.25, 0.3) is 10.2 Å². The highest BCUT2D eigenvalue weighted by atomic mass is 35.5. The number of anilines is 1. The number of pyridine rings is 1. The predicted molar refractivity (Wildman–Crippen MR) is 117 cm³/mol. The number of fused-ring (bicyclic) bond motifs is 1. The quantitative estimate of drug-likeness (QED) is 0.389. The summed E-state index contributed by atoms with van der Waals surface area (Å²) in [6, 6.07) is 16.5. The molecule has 0 aliphatic heterocycles. The molecule has 1 aromatic carbocycles. The third kappa shape index (κ3) is 4.01. The number of rotatable bonds is 6. The number of aromatic nitrogens is 3. The van der Waals surface area contributed by atoms with E-state index in [1.807, 2.05) is 24.4 Å². The number of halogens is 1. The van der Waals surface area contributed by atoms with Crippen molar-refractivity contribution in [3.63, 3.8) is 0 Å². The highest BCUT2D eigenvalue weighted by molar-refractivity contribution is 7.18. The zero-order valence-electron chi connectivity index (χ0n) is 15.9. The van der Waals surface area contributed by atoms with E-state index < -0.39 is 0 Å². The summed E-state index contributed by atoms with van der Waals surface area (Å²) < 4.78 is 0. The van der Waals surface area contributed by atoms with Crippen molar-refractivity contribution in [3.8, 4) is 0 Å². The SMILES string of the molecule is Cc1sc2nc(Cl)nc(N(CCc3ccccn3)Cc3ccccc3)c2c1C. The van der Waals surface area contributed by atoms with Gasteiger partial charge in [-0.1, -0.05) is 36.4 Å². The second-order valence-corrected chi connectivity index (χ2v) is 8.30. The van der Waals surface area contributed by atoms with Gasteiger partial charge in [-0.05, 0) is 48.7 Å². The lowest BCUT2D eigenvalue weighted by molar-refractivity contribution is 0.760. The van der Waals surface area contributed by atoms with Crippen molar-refractivity contribution in [1.29, 1.82) is 0 Å². The standard InChI is InChI=1S/C22H21ClN4S/c1-15-16(2)28-21-19(15)20(25-22(23)26-21)27(14-17-8-4-3-5-9-17)13-11-18-10-6-7-12-24-18/h3-10,12H,11,13-14H2,1-2H3. The van der Waals surface area contributed by atoms with Gasteiger partial charge in [0.1, 0.15) is 10.6 Å². The summed E-state index contributed by atoms with van der Waals surface area (Å²) in [7, 11) is 0. The number of benzene rings is 1. The Balaban J connectivity index is 1.75. The van der Waals surface area contributed by atoms with E-state index >= 15 is 0 Å². The van der Waals surface area contributed by atoms with Crippen molar-refractivity contribution in [2.45, 2.75) is 26.8 Å². The van der Waals surface area contributed by atoms with Gasteiger partial charge in [0.25, 0.3) is 0 Å². The Morgan fingerprint density at radius 3 is 2.54 bits per heavy atom. The summed E-state index contributed by atoms with van der Waals surface area (Å²) in [5.74, 6) is 0.900. The van der Waals surface area contributed by atoms with Crippen LogP contribution in [0.1, 0.15) is 21.7 Å². The molecule has 3 heterocycles. The van der Waals surface area contributed by atoms with E-state index in [0.717, 1.165) is 41.2 Å². The number of thiophene rings is 1. The minimum atomic E-state index is 0.291. The summed E-state index contributed by atoms with van der Waals surface area (Å²) >= 11 is 7.97. The van der Waals surface area contributed by atoms with E-state index in [-0.39, 0.29) is 0 Å². The number of hydrogen-bond donors (Lipinski definition) is 0. The van der Waals surface area contributed by atoms with Crippen LogP contribution in [0.15, 0.2) is 54.7 Å². The minimum Gasteiger partial charge on any atom is -0.351 e. The zero-order valence-corrected chi connectivity index (χ0v) is 17.5. The maximum Gasteiger partial charge on any atom is 0.225 e. The van der Waals surface area contributed by atoms with Gasteiger partial charge in [-0.25, -0.2) is 4.98 Å². The first kappa shape index (κ1) is 18.8. The van der Waals surface area contributed by atoms with Gasteiger partial charge in [-0.2, -0.15) is 4.98 Å². The molecule has 0 aliphatic rings. The largest absolute Gasteiger partial charge is 0.351 e. The molecule has 0 atom stereocenters. The molecule has 0 spiro atoms. The Morgan fingerprint density at radius 1 is 1.00 bits per heavy atom. The second kappa shape index (κ2) is 8.25. The normalized spacial score (nSPS) is 11.1. The lowest BCUT2D eigenvalue weighted by atomic mass is 10.1. The van der Waals surface area contributed by atoms with Crippen LogP contribution in [0.3, 0.4) is 0 Å². The van der Waals surface area contributed by atoms with Crippen LogP contribution in [-0.4, -0.2) is 21.5 Å². The highest BCUT2D eigenvalue weighted by Crippen LogP contribution is 2.36. The topological polar surface area (TPSA) is 41.9 Å². The number of aryl methyl sites for hydroxylation is 2. The molecule has 0 saturated carbocycles. The van der Waals surface area contributed by atoms with Gasteiger partial charge >= 0.3 is 0 Å². The monoisotopic (exact) mass is 408 g/mol. The summed E-state index contributed by atoms with van der Waals surface area (Å²) in [5.41, 5.74) is 3.52. The minimum absolute atomic E-state index is 0.291. The molecule has 142 valence electrons. The van der Waals surface area contributed by atoms with E-state index in [1.54, 1.807) is 11.3 Å². The molecule has 4 rings (SSSR count). The van der Waals surface area contributed by atoms with Gasteiger partial charge in [-0.15, -0.1) is 11.3 Å². The number of hydrogen-bond acceptors (Lipinski definition) is 5. The van der Waals surface area contributed by atoms with Crippen LogP contribution in [0.2, 0.25) is 5.28 Å². The smallest absolute Gasteiger partial charge is 0.225 e. The van der Waals surface area contributed by atoms with Gasteiger partial charge in [0.15, 0.2) is 0 Å². The summed E-state index contributed by atoms with van der Waals surface area (Å²) in [4.78, 5) is 18.1. The van der Waals surface area contributed by atoms with E-state index in [4.69, 9.17) is 11.6 Å². The van der Waals surface area contributed by atoms with Crippen LogP contribution in [0.4, 0.5) is 5.82 Å². The van der Waals surface area contributed by atoms with Gasteiger partial charge in [0.2, 0.25) is 5.28 Å². The van der Waals surface area contributed by atoms with Crippen LogP contribution < -0.4 is 4.90 Å². The molecule has 4 aromatic rings. The van der Waals surface area contributed by atoms with E-state index in [2.05, 4.69) is 64.0 Å². The van der Waals surface area contributed by atoms with Crippen molar-refractivity contribution in [2.24, 2.45) is 0 Å². The molecule has 6 heteroatoms. The van der Waals surface area contributed by atoms with Gasteiger partial charge in [0.05, 0.1) is 5.39 Å². The van der Waals surface area contributed by atoms with Crippen molar-refractivity contribution in [3.05, 3.63) is 81.7 Å². The molecule has 0 N–H and O–H groups in total. The third-order valence-electron chi connectivity index (χ3n) is 4.86. The Hall–Kier alpha value is -2.50. The van der Waals surface area contributed by atoms with E-state index in [1.165, 1.54) is 16.0 Å². The molecule has 28 heavy (non-hydrogen) atoms. The van der Waals surface area contributed by atoms with Crippen molar-refractivity contribution < 1.29 is 0 Å². The number of nitrogens with zero attached hydrogens (tertiary/aromatic N) is 4. The second-order valence-electron chi connectivity index (χ2n) is 6.76. The molecule has 3 aromatic heterocycles. The molecular weight excluding hydrogens is 388 g/mol. The molecule has 0 amide bonds. The Labute approximate surface area is 173 Å². The first-order chi connectivity index (χ1) is 13.6. The van der Waals surface area contributed by atoms with Gasteiger partial charge in [-0.3, -0.25) is 4.98 Å². The fraction of sp³-hybridized carbons (Fsp3) is 0.227. The third-order valence-corrected chi connectivity index (χ3v) is 6.13. The first-order valence-electron chi connectivity index (χ1n) is 9.24. The zero-order chi connectivity index (χ0) is 19.5. The molecule has 0 fully saturated rings. The van der Waals surface area contributed by atoms with Crippen molar-refractivity contribution in [1.82, 2.24) is 15.0 Å². The maximum atomic E-state index is 6.30. The Bertz CT molecular complexity index is 1080. The molecule has 0 unspecified atom stereocenters. The first-order valence-corrected chi connectivity index (χ1v) is 10.4. The van der Waals surface area contributed by atoms with Crippen molar-refractivity contribution in [2.75, 3.05) is 11.4 Å². The summed E-state index contributed by atoms with van der Waals surface area (Å²) in [6.07, 6.45) is 2.67. The van der Waals surface area contributed by atoms with Crippen LogP contribution in [0.5, 0.6) is 0 Å². The molecule has 0 bridgehead atoms. The van der Waals surface area contributed by atoms with Crippen molar-refractivity contribution >= 4 is 39.0 Å². The fourth-order valence-corrected chi connectivity index (χ4v) is 4.53. The van der Waals surface area contributed by atoms with Gasteiger partial charge in [0, 0.05) is 36.3 Å². The Morgan fingerprint density at radius 2 is 1.79 bits per heavy atom. The maximum absolute atomic E-state index is 6.30. The molecular formula is C22H21ClN4S. The average Bonchev–Trinajstić information content (AvgIpc) is 2.99. The predicted octanol–water partition coefficient (Wildman–Crippen LogP) is 5.61. The van der Waals surface area contributed by atoms with Crippen LogP contribution in [-0.2, 0) is 13.0 Å². The summed E-state index contributed by atoms with van der Waals surface area (Å²) in [5, 5.41) is 1.39. The lowest BCUT2D eigenvalue weighted by Crippen LogP contribution is -2.27. The van der Waals surface area contributed by atoms with E-state index in [0.29, 0.717) is 5.28 Å². The van der Waals surface area contributed by atoms with Gasteiger partial charge < -0.3 is 4.90 Å².